The van der Waals surface area contributed by atoms with Gasteiger partial charge in [0, 0.05) is 19.7 Å². The number of halogens is 1. The second-order valence-electron chi connectivity index (χ2n) is 5.99. The molecule has 2 aromatic carbocycles. The summed E-state index contributed by atoms with van der Waals surface area (Å²) in [7, 11) is -2.33. The predicted molar refractivity (Wildman–Crippen MR) is 95.8 cm³/mol. The monoisotopic (exact) mass is 378 g/mol. The minimum absolute atomic E-state index is 0.0620. The first-order chi connectivity index (χ1) is 11.9. The van der Waals surface area contributed by atoms with Gasteiger partial charge in [0.25, 0.3) is 10.0 Å². The normalized spacial score (nSPS) is 14.7. The lowest BCUT2D eigenvalue weighted by molar-refractivity contribution is 0.527. The summed E-state index contributed by atoms with van der Waals surface area (Å²) in [5.41, 5.74) is 2.30. The van der Waals surface area contributed by atoms with Crippen LogP contribution >= 0.6 is 11.6 Å². The van der Waals surface area contributed by atoms with E-state index >= 15 is 0 Å². The molecule has 0 bridgehead atoms. The van der Waals surface area contributed by atoms with Crippen LogP contribution in [0, 0.1) is 0 Å². The third kappa shape index (κ3) is 2.46. The number of anilines is 1. The van der Waals surface area contributed by atoms with Gasteiger partial charge in [0.05, 0.1) is 16.2 Å². The Morgan fingerprint density at radius 1 is 1.20 bits per heavy atom. The van der Waals surface area contributed by atoms with Crippen molar-refractivity contribution in [2.45, 2.75) is 17.7 Å². The van der Waals surface area contributed by atoms with Crippen molar-refractivity contribution in [1.29, 1.82) is 0 Å². The van der Waals surface area contributed by atoms with E-state index in [1.807, 2.05) is 18.2 Å². The molecule has 1 aliphatic rings. The van der Waals surface area contributed by atoms with Crippen LogP contribution < -0.4 is 10.1 Å². The topological polar surface area (TPSA) is 72.5 Å². The van der Waals surface area contributed by atoms with Gasteiger partial charge >= 0.3 is 5.76 Å². The first-order valence-electron chi connectivity index (χ1n) is 7.79. The molecule has 2 heterocycles. The molecule has 1 aliphatic heterocycles. The number of benzene rings is 2. The molecule has 0 saturated carbocycles. The van der Waals surface area contributed by atoms with E-state index < -0.39 is 15.8 Å². The average Bonchev–Trinajstić information content (AvgIpc) is 2.88. The van der Waals surface area contributed by atoms with Crippen LogP contribution in [-0.4, -0.2) is 19.5 Å². The Balaban J connectivity index is 1.91. The maximum atomic E-state index is 13.2. The Bertz CT molecular complexity index is 1150. The molecule has 0 N–H and O–H groups in total. The largest absolute Gasteiger partial charge is 0.419 e. The summed E-state index contributed by atoms with van der Waals surface area (Å²) in [5.74, 6) is -0.566. The molecule has 4 rings (SSSR count). The van der Waals surface area contributed by atoms with Crippen molar-refractivity contribution in [3.8, 4) is 0 Å². The third-order valence-electron chi connectivity index (χ3n) is 4.48. The third-order valence-corrected chi connectivity index (χ3v) is 6.76. The number of hydrogen-bond acceptors (Lipinski definition) is 4. The highest BCUT2D eigenvalue weighted by molar-refractivity contribution is 7.93. The maximum absolute atomic E-state index is 13.2. The molecule has 1 aromatic heterocycles. The molecule has 6 nitrogen and oxygen atoms in total. The lowest BCUT2D eigenvalue weighted by Gasteiger charge is -2.30. The zero-order chi connectivity index (χ0) is 17.8. The number of aryl methyl sites for hydroxylation is 2. The lowest BCUT2D eigenvalue weighted by Crippen LogP contribution is -2.35. The van der Waals surface area contributed by atoms with Crippen molar-refractivity contribution in [1.82, 2.24) is 4.57 Å². The SMILES string of the molecule is Cn1c(=O)oc2cc(S(=O)(=O)N3CCCc4ccccc43)c(Cl)cc21. The van der Waals surface area contributed by atoms with Crippen molar-refractivity contribution < 1.29 is 12.8 Å². The molecule has 0 radical (unpaired) electrons. The van der Waals surface area contributed by atoms with Gasteiger partial charge in [-0.05, 0) is 30.5 Å². The highest BCUT2D eigenvalue weighted by atomic mass is 35.5. The molecule has 0 atom stereocenters. The summed E-state index contributed by atoms with van der Waals surface area (Å²) in [4.78, 5) is 11.6. The van der Waals surface area contributed by atoms with Crippen molar-refractivity contribution >= 4 is 38.4 Å². The van der Waals surface area contributed by atoms with Gasteiger partial charge in [0.1, 0.15) is 4.90 Å². The first-order valence-corrected chi connectivity index (χ1v) is 9.61. The van der Waals surface area contributed by atoms with Crippen molar-refractivity contribution in [2.75, 3.05) is 10.8 Å². The van der Waals surface area contributed by atoms with Crippen LogP contribution in [0.5, 0.6) is 0 Å². The number of para-hydroxylation sites is 1. The van der Waals surface area contributed by atoms with Gasteiger partial charge in [0.15, 0.2) is 5.58 Å². The number of oxazole rings is 1. The van der Waals surface area contributed by atoms with E-state index in [4.69, 9.17) is 16.0 Å². The molecule has 8 heteroatoms. The van der Waals surface area contributed by atoms with Gasteiger partial charge in [-0.3, -0.25) is 8.87 Å². The van der Waals surface area contributed by atoms with Gasteiger partial charge in [-0.25, -0.2) is 13.2 Å². The lowest BCUT2D eigenvalue weighted by atomic mass is 10.0. The van der Waals surface area contributed by atoms with Crippen LogP contribution in [0.15, 0.2) is 50.5 Å². The molecule has 0 spiro atoms. The molecule has 25 heavy (non-hydrogen) atoms. The summed E-state index contributed by atoms with van der Waals surface area (Å²) in [6.45, 7) is 0.381. The van der Waals surface area contributed by atoms with E-state index in [1.54, 1.807) is 13.1 Å². The summed E-state index contributed by atoms with van der Waals surface area (Å²) in [6.07, 6.45) is 1.57. The number of nitrogens with zero attached hydrogens (tertiary/aromatic N) is 2. The van der Waals surface area contributed by atoms with Crippen LogP contribution in [0.3, 0.4) is 0 Å². The summed E-state index contributed by atoms with van der Waals surface area (Å²) >= 11 is 6.25. The van der Waals surface area contributed by atoms with E-state index in [1.165, 1.54) is 21.0 Å². The van der Waals surface area contributed by atoms with Crippen molar-refractivity contribution in [3.63, 3.8) is 0 Å². The fourth-order valence-corrected chi connectivity index (χ4v) is 5.25. The molecular weight excluding hydrogens is 364 g/mol. The minimum atomic E-state index is -3.87. The molecule has 0 aliphatic carbocycles. The average molecular weight is 379 g/mol. The van der Waals surface area contributed by atoms with Crippen LogP contribution in [-0.2, 0) is 23.5 Å². The van der Waals surface area contributed by atoms with Crippen LogP contribution in [0.25, 0.3) is 11.1 Å². The second kappa shape index (κ2) is 5.64. The van der Waals surface area contributed by atoms with Crippen LogP contribution in [0.2, 0.25) is 5.02 Å². The molecule has 130 valence electrons. The Morgan fingerprint density at radius 2 is 1.96 bits per heavy atom. The fraction of sp³-hybridized carbons (Fsp3) is 0.235. The quantitative estimate of drug-likeness (QED) is 0.687. The van der Waals surface area contributed by atoms with E-state index in [0.717, 1.165) is 18.4 Å². The molecule has 3 aromatic rings. The highest BCUT2D eigenvalue weighted by Gasteiger charge is 2.31. The van der Waals surface area contributed by atoms with Crippen LogP contribution in [0.1, 0.15) is 12.0 Å². The molecule has 0 fully saturated rings. The minimum Gasteiger partial charge on any atom is -0.408 e. The molecular formula is C17H15ClN2O4S. The second-order valence-corrected chi connectivity index (χ2v) is 8.22. The van der Waals surface area contributed by atoms with E-state index in [2.05, 4.69) is 0 Å². The highest BCUT2D eigenvalue weighted by Crippen LogP contribution is 2.35. The Morgan fingerprint density at radius 3 is 2.76 bits per heavy atom. The Kier molecular flexibility index (Phi) is 3.66. The zero-order valence-electron chi connectivity index (χ0n) is 13.4. The Labute approximate surface area is 149 Å². The number of hydrogen-bond donors (Lipinski definition) is 0. The molecule has 0 unspecified atom stereocenters. The fourth-order valence-electron chi connectivity index (χ4n) is 3.19. The standard InChI is InChI=1S/C17H15ClN2O4S/c1-19-14-9-12(18)16(10-15(14)24-17(19)21)25(22,23)20-8-4-6-11-5-2-3-7-13(11)20/h2-3,5,7,9-10H,4,6,8H2,1H3. The van der Waals surface area contributed by atoms with E-state index in [0.29, 0.717) is 17.7 Å². The first kappa shape index (κ1) is 16.2. The van der Waals surface area contributed by atoms with Gasteiger partial charge < -0.3 is 4.42 Å². The summed E-state index contributed by atoms with van der Waals surface area (Å²) in [5, 5.41) is 0.0620. The van der Waals surface area contributed by atoms with Gasteiger partial charge in [-0.1, -0.05) is 29.8 Å². The summed E-state index contributed by atoms with van der Waals surface area (Å²) in [6, 6.07) is 10.2. The van der Waals surface area contributed by atoms with Gasteiger partial charge in [-0.2, -0.15) is 0 Å². The van der Waals surface area contributed by atoms with Crippen LogP contribution in [0.4, 0.5) is 5.69 Å². The van der Waals surface area contributed by atoms with Crippen molar-refractivity contribution in [3.05, 3.63) is 57.5 Å². The van der Waals surface area contributed by atoms with Gasteiger partial charge in [-0.15, -0.1) is 0 Å². The number of sulfonamides is 1. The maximum Gasteiger partial charge on any atom is 0.419 e. The number of fused-ring (bicyclic) bond motifs is 2. The molecule has 0 amide bonds. The molecule has 0 saturated heterocycles. The number of aromatic nitrogens is 1. The van der Waals surface area contributed by atoms with E-state index in [9.17, 15) is 13.2 Å². The zero-order valence-corrected chi connectivity index (χ0v) is 15.0. The van der Waals surface area contributed by atoms with E-state index in [-0.39, 0.29) is 15.5 Å². The Hall–Kier alpha value is -2.25. The van der Waals surface area contributed by atoms with Crippen molar-refractivity contribution in [2.24, 2.45) is 7.05 Å². The number of rotatable bonds is 2. The van der Waals surface area contributed by atoms with Gasteiger partial charge in [0.2, 0.25) is 0 Å². The smallest absolute Gasteiger partial charge is 0.408 e. The summed E-state index contributed by atoms with van der Waals surface area (Å²) < 4.78 is 34.2. The predicted octanol–water partition coefficient (Wildman–Crippen LogP) is 2.93.